The van der Waals surface area contributed by atoms with Crippen LogP contribution in [0.3, 0.4) is 0 Å². The van der Waals surface area contributed by atoms with Gasteiger partial charge in [-0.1, -0.05) is 24.3 Å². The molecule has 2 rings (SSSR count). The topological polar surface area (TPSA) is 17.1 Å². The summed E-state index contributed by atoms with van der Waals surface area (Å²) in [6.45, 7) is 0. The fourth-order valence-electron chi connectivity index (χ4n) is 1.38. The zero-order valence-electron chi connectivity index (χ0n) is 7.91. The Balaban J connectivity index is 2.44. The van der Waals surface area contributed by atoms with Gasteiger partial charge in [-0.2, -0.15) is 0 Å². The van der Waals surface area contributed by atoms with Gasteiger partial charge in [0.15, 0.2) is 0 Å². The van der Waals surface area contributed by atoms with Gasteiger partial charge >= 0.3 is 0 Å². The molecule has 0 heterocycles. The molecule has 0 aliphatic carbocycles. The molecule has 0 amide bonds. The second-order valence-corrected chi connectivity index (χ2v) is 3.17. The minimum Gasteiger partial charge on any atom is -0.298 e. The number of hydrogen-bond donors (Lipinski definition) is 0. The third kappa shape index (κ3) is 2.10. The molecule has 0 spiro atoms. The van der Waals surface area contributed by atoms with E-state index in [1.807, 2.05) is 6.07 Å². The van der Waals surface area contributed by atoms with E-state index in [0.717, 1.165) is 17.4 Å². The van der Waals surface area contributed by atoms with Gasteiger partial charge in [0, 0.05) is 11.6 Å². The lowest BCUT2D eigenvalue weighted by molar-refractivity contribution is 0.112. The van der Waals surface area contributed by atoms with Crippen LogP contribution in [0.15, 0.2) is 42.5 Å². The van der Waals surface area contributed by atoms with E-state index < -0.39 is 0 Å². The van der Waals surface area contributed by atoms with Crippen molar-refractivity contribution in [2.75, 3.05) is 0 Å². The smallest absolute Gasteiger partial charge is 0.150 e. The second kappa shape index (κ2) is 4.05. The molecule has 0 aliphatic rings. The van der Waals surface area contributed by atoms with Crippen molar-refractivity contribution in [1.82, 2.24) is 0 Å². The van der Waals surface area contributed by atoms with Gasteiger partial charge in [0.1, 0.15) is 12.1 Å². The van der Waals surface area contributed by atoms with Gasteiger partial charge < -0.3 is 0 Å². The SMILES string of the molecule is O=Cc1cccc(-c2c[c]c(F)cc2)c1. The first kappa shape index (κ1) is 9.59. The predicted octanol–water partition coefficient (Wildman–Crippen LogP) is 3.11. The molecule has 0 saturated carbocycles. The van der Waals surface area contributed by atoms with Crippen molar-refractivity contribution in [2.24, 2.45) is 0 Å². The second-order valence-electron chi connectivity index (χ2n) is 3.17. The summed E-state index contributed by atoms with van der Waals surface area (Å²) in [4.78, 5) is 10.6. The lowest BCUT2D eigenvalue weighted by Gasteiger charge is -2.01. The van der Waals surface area contributed by atoms with Crippen LogP contribution in [0, 0.1) is 11.9 Å². The zero-order chi connectivity index (χ0) is 10.7. The number of benzene rings is 2. The molecule has 73 valence electrons. The lowest BCUT2D eigenvalue weighted by Crippen LogP contribution is -1.83. The fraction of sp³-hybridized carbons (Fsp3) is 0. The van der Waals surface area contributed by atoms with Crippen molar-refractivity contribution in [3.8, 4) is 11.1 Å². The molecular formula is C13H8FO. The van der Waals surface area contributed by atoms with Crippen LogP contribution in [0.25, 0.3) is 11.1 Å². The Bertz CT molecular complexity index is 474. The van der Waals surface area contributed by atoms with E-state index in [-0.39, 0.29) is 5.82 Å². The molecule has 0 aliphatic heterocycles. The third-order valence-corrected chi connectivity index (χ3v) is 2.13. The van der Waals surface area contributed by atoms with E-state index in [1.54, 1.807) is 30.3 Å². The predicted molar refractivity (Wildman–Crippen MR) is 56.1 cm³/mol. The molecule has 0 fully saturated rings. The number of carbonyl (C=O) groups excluding carboxylic acids is 1. The molecule has 2 heteroatoms. The van der Waals surface area contributed by atoms with Crippen molar-refractivity contribution in [2.45, 2.75) is 0 Å². The maximum Gasteiger partial charge on any atom is 0.150 e. The maximum atomic E-state index is 12.6. The van der Waals surface area contributed by atoms with Gasteiger partial charge in [-0.3, -0.25) is 4.79 Å². The molecule has 1 nitrogen and oxygen atoms in total. The molecule has 1 radical (unpaired) electrons. The van der Waals surface area contributed by atoms with E-state index in [9.17, 15) is 9.18 Å². The lowest BCUT2D eigenvalue weighted by atomic mass is 10.0. The molecule has 2 aromatic rings. The number of carbonyl (C=O) groups is 1. The van der Waals surface area contributed by atoms with E-state index in [2.05, 4.69) is 6.07 Å². The van der Waals surface area contributed by atoms with Crippen LogP contribution >= 0.6 is 0 Å². The molecule has 0 N–H and O–H groups in total. The minimum absolute atomic E-state index is 0.384. The van der Waals surface area contributed by atoms with Crippen LogP contribution in [0.1, 0.15) is 10.4 Å². The highest BCUT2D eigenvalue weighted by Crippen LogP contribution is 2.19. The van der Waals surface area contributed by atoms with Crippen LogP contribution in [0.5, 0.6) is 0 Å². The van der Waals surface area contributed by atoms with Gasteiger partial charge in [0.2, 0.25) is 0 Å². The summed E-state index contributed by atoms with van der Waals surface area (Å²) in [7, 11) is 0. The first-order valence-electron chi connectivity index (χ1n) is 4.52. The van der Waals surface area contributed by atoms with Crippen LogP contribution in [0.4, 0.5) is 4.39 Å². The van der Waals surface area contributed by atoms with Crippen LogP contribution in [-0.2, 0) is 0 Å². The van der Waals surface area contributed by atoms with E-state index in [0.29, 0.717) is 5.56 Å². The Morgan fingerprint density at radius 2 is 2.00 bits per heavy atom. The van der Waals surface area contributed by atoms with Crippen molar-refractivity contribution in [3.63, 3.8) is 0 Å². The summed E-state index contributed by atoms with van der Waals surface area (Å²) in [5.74, 6) is -0.384. The summed E-state index contributed by atoms with van der Waals surface area (Å²) in [6.07, 6.45) is 0.788. The van der Waals surface area contributed by atoms with Gasteiger partial charge in [0.05, 0.1) is 0 Å². The highest BCUT2D eigenvalue weighted by molar-refractivity contribution is 5.78. The Hall–Kier alpha value is -1.96. The van der Waals surface area contributed by atoms with Crippen LogP contribution < -0.4 is 0 Å². The fourth-order valence-corrected chi connectivity index (χ4v) is 1.38. The summed E-state index contributed by atoms with van der Waals surface area (Å²) >= 11 is 0. The number of rotatable bonds is 2. The monoisotopic (exact) mass is 199 g/mol. The Morgan fingerprint density at radius 3 is 2.67 bits per heavy atom. The third-order valence-electron chi connectivity index (χ3n) is 2.13. The first-order chi connectivity index (χ1) is 7.29. The molecule has 0 unspecified atom stereocenters. The summed E-state index contributed by atoms with van der Waals surface area (Å²) in [5.41, 5.74) is 2.34. The average Bonchev–Trinajstić information content (AvgIpc) is 2.30. The van der Waals surface area contributed by atoms with E-state index in [4.69, 9.17) is 0 Å². The van der Waals surface area contributed by atoms with Gasteiger partial charge in [-0.05, 0) is 29.3 Å². The standard InChI is InChI=1S/C13H8FO/c14-13-6-4-11(5-7-13)12-3-1-2-10(8-12)9-15/h1-6,8-9H. The molecule has 0 atom stereocenters. The van der Waals surface area contributed by atoms with E-state index in [1.165, 1.54) is 6.07 Å². The summed E-state index contributed by atoms with van der Waals surface area (Å²) in [5, 5.41) is 0. The average molecular weight is 199 g/mol. The van der Waals surface area contributed by atoms with Crippen LogP contribution in [0.2, 0.25) is 0 Å². The zero-order valence-corrected chi connectivity index (χ0v) is 7.91. The van der Waals surface area contributed by atoms with Gasteiger partial charge in [-0.25, -0.2) is 4.39 Å². The van der Waals surface area contributed by atoms with Crippen molar-refractivity contribution in [1.29, 1.82) is 0 Å². The highest BCUT2D eigenvalue weighted by Gasteiger charge is 1.99. The molecule has 0 bridgehead atoms. The quantitative estimate of drug-likeness (QED) is 0.679. The van der Waals surface area contributed by atoms with Gasteiger partial charge in [-0.15, -0.1) is 0 Å². The molecular weight excluding hydrogens is 191 g/mol. The normalized spacial score (nSPS) is 9.93. The molecule has 0 saturated heterocycles. The van der Waals surface area contributed by atoms with Crippen molar-refractivity contribution < 1.29 is 9.18 Å². The Kier molecular flexibility index (Phi) is 2.59. The maximum absolute atomic E-state index is 12.6. The summed E-state index contributed by atoms with van der Waals surface area (Å²) < 4.78 is 12.6. The number of halogens is 1. The van der Waals surface area contributed by atoms with Crippen LogP contribution in [-0.4, -0.2) is 6.29 Å². The summed E-state index contributed by atoms with van der Waals surface area (Å²) in [6, 6.07) is 14.2. The van der Waals surface area contributed by atoms with Crippen molar-refractivity contribution >= 4 is 6.29 Å². The van der Waals surface area contributed by atoms with Crippen molar-refractivity contribution in [3.05, 3.63) is 59.9 Å². The number of aldehydes is 1. The molecule has 2 aromatic carbocycles. The highest BCUT2D eigenvalue weighted by atomic mass is 19.1. The Morgan fingerprint density at radius 1 is 1.13 bits per heavy atom. The first-order valence-corrected chi connectivity index (χ1v) is 4.52. The van der Waals surface area contributed by atoms with E-state index >= 15 is 0 Å². The molecule has 0 aromatic heterocycles. The molecule has 15 heavy (non-hydrogen) atoms. The van der Waals surface area contributed by atoms with Gasteiger partial charge in [0.25, 0.3) is 0 Å². The largest absolute Gasteiger partial charge is 0.298 e. The minimum atomic E-state index is -0.384. The number of hydrogen-bond acceptors (Lipinski definition) is 1. The Labute approximate surface area is 87.2 Å².